The van der Waals surface area contributed by atoms with Gasteiger partial charge in [0, 0.05) is 24.5 Å². The number of piperidine rings is 2. The maximum atomic E-state index is 13.6. The molecule has 8 nitrogen and oxygen atoms in total. The molecule has 1 amide bonds. The lowest BCUT2D eigenvalue weighted by Crippen LogP contribution is -2.60. The molecule has 3 aliphatic rings. The van der Waals surface area contributed by atoms with Gasteiger partial charge in [-0.3, -0.25) is 4.79 Å². The Bertz CT molecular complexity index is 1150. The Morgan fingerprint density at radius 2 is 1.91 bits per heavy atom. The highest BCUT2D eigenvalue weighted by atomic mass is 19.4. The van der Waals surface area contributed by atoms with Crippen molar-refractivity contribution in [2.45, 2.75) is 44.4 Å². The summed E-state index contributed by atoms with van der Waals surface area (Å²) >= 11 is 0. The zero-order chi connectivity index (χ0) is 23.2. The molecule has 0 aromatic carbocycles. The third kappa shape index (κ3) is 4.14. The number of carbonyl (C=O) groups excluding carboxylic acids is 1. The largest absolute Gasteiger partial charge is 0.417 e. The summed E-state index contributed by atoms with van der Waals surface area (Å²) in [4.78, 5) is 25.3. The Hall–Kier alpha value is -3.50. The predicted octanol–water partition coefficient (Wildman–Crippen LogP) is 3.49. The molecule has 6 rings (SSSR count). The van der Waals surface area contributed by atoms with Crippen LogP contribution in [0.4, 0.5) is 19.0 Å². The van der Waals surface area contributed by atoms with Gasteiger partial charge < -0.3 is 10.2 Å². The van der Waals surface area contributed by atoms with Crippen molar-refractivity contribution in [2.75, 3.05) is 11.9 Å². The molecule has 11 heteroatoms. The van der Waals surface area contributed by atoms with Gasteiger partial charge in [0.25, 0.3) is 5.91 Å². The SMILES string of the molecule is Cc1ccc(-n2nccn2)c(C(=O)N2CC3CCC2C(Nc2ccc(C(F)(F)F)cn2)C3)n1. The van der Waals surface area contributed by atoms with Crippen LogP contribution in [0.2, 0.25) is 0 Å². The standard InChI is InChI=1S/C22H22F3N7O/c1-13-2-5-18(32-27-8-9-28-32)20(29-13)21(33)31-12-14-3-6-17(31)16(10-14)30-19-7-4-15(11-26-19)22(23,24)25/h2,4-5,7-9,11,14,16-17H,3,6,10,12H2,1H3,(H,26,30). The van der Waals surface area contributed by atoms with Gasteiger partial charge in [-0.15, -0.1) is 4.80 Å². The lowest BCUT2D eigenvalue weighted by Gasteiger charge is -2.50. The normalized spacial score (nSPS) is 22.4. The fourth-order valence-electron chi connectivity index (χ4n) is 4.76. The number of amides is 1. The summed E-state index contributed by atoms with van der Waals surface area (Å²) in [7, 11) is 0. The van der Waals surface area contributed by atoms with Crippen LogP contribution in [0, 0.1) is 12.8 Å². The molecule has 2 saturated heterocycles. The molecule has 3 unspecified atom stereocenters. The van der Waals surface area contributed by atoms with Crippen LogP contribution in [0.15, 0.2) is 42.9 Å². The van der Waals surface area contributed by atoms with Gasteiger partial charge in [0.05, 0.1) is 24.0 Å². The van der Waals surface area contributed by atoms with E-state index in [1.807, 2.05) is 11.8 Å². The number of fused-ring (bicyclic) bond motifs is 3. The second-order valence-electron chi connectivity index (χ2n) is 8.52. The summed E-state index contributed by atoms with van der Waals surface area (Å²) < 4.78 is 38.5. The van der Waals surface area contributed by atoms with Crippen LogP contribution in [0.1, 0.15) is 41.0 Å². The molecule has 2 aliphatic heterocycles. The first-order valence-electron chi connectivity index (χ1n) is 10.7. The molecule has 2 bridgehead atoms. The molecule has 3 fully saturated rings. The Kier molecular flexibility index (Phi) is 5.26. The number of pyridine rings is 2. The summed E-state index contributed by atoms with van der Waals surface area (Å²) in [5.74, 6) is 0.456. The smallest absolute Gasteiger partial charge is 0.365 e. The van der Waals surface area contributed by atoms with E-state index >= 15 is 0 Å². The summed E-state index contributed by atoms with van der Waals surface area (Å²) in [5.41, 5.74) is 0.705. The van der Waals surface area contributed by atoms with Crippen LogP contribution in [-0.2, 0) is 6.18 Å². The van der Waals surface area contributed by atoms with E-state index in [4.69, 9.17) is 0 Å². The maximum Gasteiger partial charge on any atom is 0.417 e. The van der Waals surface area contributed by atoms with Gasteiger partial charge in [0.1, 0.15) is 11.5 Å². The van der Waals surface area contributed by atoms with E-state index in [-0.39, 0.29) is 23.7 Å². The van der Waals surface area contributed by atoms with Crippen molar-refractivity contribution in [3.63, 3.8) is 0 Å². The number of nitrogens with zero attached hydrogens (tertiary/aromatic N) is 6. The Morgan fingerprint density at radius 3 is 2.58 bits per heavy atom. The molecule has 3 aromatic heterocycles. The fourth-order valence-corrected chi connectivity index (χ4v) is 4.76. The molecule has 0 spiro atoms. The van der Waals surface area contributed by atoms with Gasteiger partial charge in [-0.1, -0.05) is 0 Å². The number of hydrogen-bond donors (Lipinski definition) is 1. The highest BCUT2D eigenvalue weighted by Gasteiger charge is 2.44. The van der Waals surface area contributed by atoms with Crippen molar-refractivity contribution in [1.29, 1.82) is 0 Å². The number of alkyl halides is 3. The van der Waals surface area contributed by atoms with Crippen LogP contribution in [0.25, 0.3) is 5.69 Å². The van der Waals surface area contributed by atoms with Crippen molar-refractivity contribution in [1.82, 2.24) is 29.9 Å². The zero-order valence-corrected chi connectivity index (χ0v) is 17.8. The van der Waals surface area contributed by atoms with Crippen molar-refractivity contribution < 1.29 is 18.0 Å². The van der Waals surface area contributed by atoms with E-state index in [1.54, 1.807) is 12.1 Å². The highest BCUT2D eigenvalue weighted by Crippen LogP contribution is 2.38. The lowest BCUT2D eigenvalue weighted by atomic mass is 9.76. The lowest BCUT2D eigenvalue weighted by molar-refractivity contribution is -0.137. The topological polar surface area (TPSA) is 88.8 Å². The number of carbonyl (C=O) groups is 1. The van der Waals surface area contributed by atoms with Gasteiger partial charge in [-0.25, -0.2) is 9.97 Å². The number of halogens is 3. The number of rotatable bonds is 4. The summed E-state index contributed by atoms with van der Waals surface area (Å²) in [6.07, 6.45) is 2.10. The van der Waals surface area contributed by atoms with Crippen LogP contribution in [0.5, 0.6) is 0 Å². The molecule has 172 valence electrons. The minimum absolute atomic E-state index is 0.109. The molecular weight excluding hydrogens is 435 g/mol. The Morgan fingerprint density at radius 1 is 1.12 bits per heavy atom. The third-order valence-corrected chi connectivity index (χ3v) is 6.31. The van der Waals surface area contributed by atoms with Gasteiger partial charge in [0.2, 0.25) is 0 Å². The zero-order valence-electron chi connectivity index (χ0n) is 17.8. The molecule has 3 aromatic rings. The first-order valence-corrected chi connectivity index (χ1v) is 10.7. The second-order valence-corrected chi connectivity index (χ2v) is 8.52. The fraction of sp³-hybridized carbons (Fsp3) is 0.409. The predicted molar refractivity (Wildman–Crippen MR) is 113 cm³/mol. The van der Waals surface area contributed by atoms with Crippen LogP contribution < -0.4 is 5.32 Å². The van der Waals surface area contributed by atoms with E-state index < -0.39 is 11.7 Å². The molecule has 1 N–H and O–H groups in total. The number of aromatic nitrogens is 5. The summed E-state index contributed by atoms with van der Waals surface area (Å²) in [6.45, 7) is 2.43. The second kappa shape index (κ2) is 8.13. The van der Waals surface area contributed by atoms with Gasteiger partial charge >= 0.3 is 6.18 Å². The molecule has 33 heavy (non-hydrogen) atoms. The molecule has 1 aliphatic carbocycles. The summed E-state index contributed by atoms with van der Waals surface area (Å²) in [6, 6.07) is 5.70. The van der Waals surface area contributed by atoms with Gasteiger partial charge in [-0.2, -0.15) is 23.4 Å². The van der Waals surface area contributed by atoms with E-state index in [1.165, 1.54) is 23.3 Å². The first kappa shape index (κ1) is 21.4. The van der Waals surface area contributed by atoms with E-state index in [9.17, 15) is 18.0 Å². The van der Waals surface area contributed by atoms with E-state index in [2.05, 4.69) is 25.5 Å². The number of hydrogen-bond acceptors (Lipinski definition) is 6. The van der Waals surface area contributed by atoms with Crippen LogP contribution in [0.3, 0.4) is 0 Å². The quantitative estimate of drug-likeness (QED) is 0.645. The molecular formula is C22H22F3N7O. The summed E-state index contributed by atoms with van der Waals surface area (Å²) in [5, 5.41) is 11.5. The molecule has 1 saturated carbocycles. The number of anilines is 1. The highest BCUT2D eigenvalue weighted by molar-refractivity contribution is 5.96. The van der Waals surface area contributed by atoms with Gasteiger partial charge in [-0.05, 0) is 56.4 Å². The average Bonchev–Trinajstić information content (AvgIpc) is 3.33. The van der Waals surface area contributed by atoms with E-state index in [0.717, 1.165) is 31.5 Å². The van der Waals surface area contributed by atoms with Gasteiger partial charge in [0.15, 0.2) is 5.69 Å². The monoisotopic (exact) mass is 457 g/mol. The number of nitrogens with one attached hydrogen (secondary N) is 1. The average molecular weight is 457 g/mol. The molecule has 3 atom stereocenters. The van der Waals surface area contributed by atoms with Crippen LogP contribution >= 0.6 is 0 Å². The minimum atomic E-state index is -4.43. The maximum absolute atomic E-state index is 13.6. The van der Waals surface area contributed by atoms with Crippen LogP contribution in [-0.4, -0.2) is 54.4 Å². The van der Waals surface area contributed by atoms with Crippen molar-refractivity contribution in [2.24, 2.45) is 5.92 Å². The van der Waals surface area contributed by atoms with E-state index in [0.29, 0.717) is 29.7 Å². The van der Waals surface area contributed by atoms with Crippen molar-refractivity contribution in [3.8, 4) is 5.69 Å². The number of aryl methyl sites for hydroxylation is 1. The minimum Gasteiger partial charge on any atom is -0.365 e. The van der Waals surface area contributed by atoms with Crippen molar-refractivity contribution in [3.05, 3.63) is 59.8 Å². The Labute approximate surface area is 187 Å². The first-order chi connectivity index (χ1) is 15.8. The third-order valence-electron chi connectivity index (χ3n) is 6.31. The molecule has 0 radical (unpaired) electrons. The van der Waals surface area contributed by atoms with Crippen molar-refractivity contribution >= 4 is 11.7 Å². The molecule has 5 heterocycles. The Balaban J connectivity index is 1.39.